The van der Waals surface area contributed by atoms with Crippen LogP contribution in [0.3, 0.4) is 0 Å². The Morgan fingerprint density at radius 1 is 1.37 bits per heavy atom. The van der Waals surface area contributed by atoms with E-state index in [0.717, 1.165) is 6.61 Å². The van der Waals surface area contributed by atoms with Gasteiger partial charge in [-0.2, -0.15) is 0 Å². The molecule has 0 bridgehead atoms. The first-order chi connectivity index (χ1) is 9.12. The van der Waals surface area contributed by atoms with Crippen LogP contribution in [0.1, 0.15) is 12.8 Å². The van der Waals surface area contributed by atoms with E-state index < -0.39 is 10.0 Å². The second kappa shape index (κ2) is 6.27. The van der Waals surface area contributed by atoms with Gasteiger partial charge in [0.05, 0.1) is 19.0 Å². The molecular formula is C11H18N4O3S. The zero-order valence-corrected chi connectivity index (χ0v) is 11.6. The Bertz CT molecular complexity index is 499. The minimum atomic E-state index is -3.55. The van der Waals surface area contributed by atoms with E-state index in [1.165, 1.54) is 25.2 Å². The van der Waals surface area contributed by atoms with Gasteiger partial charge in [0.15, 0.2) is 0 Å². The number of anilines is 1. The topological polar surface area (TPSA) is 93.2 Å². The molecule has 0 aromatic carbocycles. The molecule has 1 aromatic rings. The molecule has 0 saturated heterocycles. The standard InChI is InChI=1S/C11H18N4O3S/c1-12-11-13-6-10(7-14-11)19(16,17)15-4-5-18-8-9-2-3-9/h6-7,9,15H,2-5,8H2,1H3,(H,12,13,14). The first kappa shape index (κ1) is 14.2. The van der Waals surface area contributed by atoms with Gasteiger partial charge in [-0.1, -0.05) is 0 Å². The molecule has 1 saturated carbocycles. The molecule has 1 aromatic heterocycles. The van der Waals surface area contributed by atoms with Crippen molar-refractivity contribution in [3.8, 4) is 0 Å². The molecule has 0 aliphatic heterocycles. The number of rotatable bonds is 8. The van der Waals surface area contributed by atoms with Crippen molar-refractivity contribution in [1.82, 2.24) is 14.7 Å². The fraction of sp³-hybridized carbons (Fsp3) is 0.636. The maximum absolute atomic E-state index is 11.9. The van der Waals surface area contributed by atoms with Gasteiger partial charge in [-0.05, 0) is 18.8 Å². The smallest absolute Gasteiger partial charge is 0.243 e. The largest absolute Gasteiger partial charge is 0.380 e. The van der Waals surface area contributed by atoms with Crippen LogP contribution in [-0.2, 0) is 14.8 Å². The minimum absolute atomic E-state index is 0.0497. The molecule has 7 nitrogen and oxygen atoms in total. The lowest BCUT2D eigenvalue weighted by Crippen LogP contribution is -2.28. The minimum Gasteiger partial charge on any atom is -0.380 e. The van der Waals surface area contributed by atoms with Gasteiger partial charge in [-0.3, -0.25) is 0 Å². The molecule has 106 valence electrons. The maximum atomic E-state index is 11.9. The van der Waals surface area contributed by atoms with Crippen molar-refractivity contribution < 1.29 is 13.2 Å². The SMILES string of the molecule is CNc1ncc(S(=O)(=O)NCCOCC2CC2)cn1. The number of ether oxygens (including phenoxy) is 1. The molecule has 0 radical (unpaired) electrons. The van der Waals surface area contributed by atoms with Crippen LogP contribution in [0.25, 0.3) is 0 Å². The Labute approximate surface area is 112 Å². The molecule has 1 heterocycles. The van der Waals surface area contributed by atoms with E-state index >= 15 is 0 Å². The highest BCUT2D eigenvalue weighted by Gasteiger charge is 2.21. The Balaban J connectivity index is 1.78. The van der Waals surface area contributed by atoms with Gasteiger partial charge >= 0.3 is 0 Å². The van der Waals surface area contributed by atoms with Crippen LogP contribution in [-0.4, -0.2) is 45.2 Å². The summed E-state index contributed by atoms with van der Waals surface area (Å²) in [6, 6.07) is 0. The molecule has 2 N–H and O–H groups in total. The van der Waals surface area contributed by atoms with Gasteiger partial charge in [0.1, 0.15) is 4.90 Å². The monoisotopic (exact) mass is 286 g/mol. The van der Waals surface area contributed by atoms with Gasteiger partial charge < -0.3 is 10.1 Å². The molecule has 19 heavy (non-hydrogen) atoms. The molecular weight excluding hydrogens is 268 g/mol. The third kappa shape index (κ3) is 4.41. The van der Waals surface area contributed by atoms with Crippen molar-refractivity contribution >= 4 is 16.0 Å². The molecule has 0 spiro atoms. The van der Waals surface area contributed by atoms with Crippen LogP contribution in [0.4, 0.5) is 5.95 Å². The summed E-state index contributed by atoms with van der Waals surface area (Å²) >= 11 is 0. The van der Waals surface area contributed by atoms with Crippen LogP contribution >= 0.6 is 0 Å². The number of sulfonamides is 1. The average molecular weight is 286 g/mol. The van der Waals surface area contributed by atoms with Gasteiger partial charge in [0.25, 0.3) is 0 Å². The van der Waals surface area contributed by atoms with E-state index in [1.807, 2.05) is 0 Å². The van der Waals surface area contributed by atoms with Crippen LogP contribution in [0.2, 0.25) is 0 Å². The molecule has 0 unspecified atom stereocenters. The normalized spacial score (nSPS) is 15.4. The number of nitrogens with one attached hydrogen (secondary N) is 2. The highest BCUT2D eigenvalue weighted by atomic mass is 32.2. The summed E-state index contributed by atoms with van der Waals surface area (Å²) in [6.07, 6.45) is 4.99. The van der Waals surface area contributed by atoms with Crippen molar-refractivity contribution in [2.45, 2.75) is 17.7 Å². The second-order valence-electron chi connectivity index (χ2n) is 4.41. The predicted octanol–water partition coefficient (Wildman–Crippen LogP) is 0.223. The van der Waals surface area contributed by atoms with Crippen LogP contribution in [0, 0.1) is 5.92 Å². The van der Waals surface area contributed by atoms with Crippen molar-refractivity contribution in [3.63, 3.8) is 0 Å². The molecule has 2 rings (SSSR count). The zero-order chi connectivity index (χ0) is 13.7. The highest BCUT2D eigenvalue weighted by molar-refractivity contribution is 7.89. The Morgan fingerprint density at radius 2 is 2.05 bits per heavy atom. The molecule has 8 heteroatoms. The predicted molar refractivity (Wildman–Crippen MR) is 70.3 cm³/mol. The third-order valence-corrected chi connectivity index (χ3v) is 4.17. The van der Waals surface area contributed by atoms with Crippen molar-refractivity contribution in [1.29, 1.82) is 0 Å². The summed E-state index contributed by atoms with van der Waals surface area (Å²) in [4.78, 5) is 7.78. The van der Waals surface area contributed by atoms with Crippen LogP contribution < -0.4 is 10.0 Å². The molecule has 0 atom stereocenters. The number of hydrogen-bond acceptors (Lipinski definition) is 6. The summed E-state index contributed by atoms with van der Waals surface area (Å²) in [5.41, 5.74) is 0. The lowest BCUT2D eigenvalue weighted by atomic mass is 10.5. The molecule has 1 aliphatic carbocycles. The van der Waals surface area contributed by atoms with Crippen molar-refractivity contribution in [3.05, 3.63) is 12.4 Å². The lowest BCUT2D eigenvalue weighted by Gasteiger charge is -2.07. The summed E-state index contributed by atoms with van der Waals surface area (Å²) in [6.45, 7) is 1.36. The fourth-order valence-electron chi connectivity index (χ4n) is 1.45. The summed E-state index contributed by atoms with van der Waals surface area (Å²) in [5.74, 6) is 1.06. The number of aromatic nitrogens is 2. The maximum Gasteiger partial charge on any atom is 0.243 e. The molecule has 0 amide bonds. The number of hydrogen-bond donors (Lipinski definition) is 2. The molecule has 1 aliphatic rings. The van der Waals surface area contributed by atoms with E-state index in [2.05, 4.69) is 20.0 Å². The summed E-state index contributed by atoms with van der Waals surface area (Å²) < 4.78 is 31.6. The third-order valence-electron chi connectivity index (χ3n) is 2.75. The summed E-state index contributed by atoms with van der Waals surface area (Å²) in [7, 11) is -1.89. The first-order valence-corrected chi connectivity index (χ1v) is 7.67. The van der Waals surface area contributed by atoms with E-state index in [9.17, 15) is 8.42 Å². The van der Waals surface area contributed by atoms with Gasteiger partial charge in [-0.25, -0.2) is 23.1 Å². The number of nitrogens with zero attached hydrogens (tertiary/aromatic N) is 2. The summed E-state index contributed by atoms with van der Waals surface area (Å²) in [5, 5.41) is 2.72. The Hall–Kier alpha value is -1.25. The lowest BCUT2D eigenvalue weighted by molar-refractivity contribution is 0.129. The van der Waals surface area contributed by atoms with E-state index in [-0.39, 0.29) is 11.4 Å². The second-order valence-corrected chi connectivity index (χ2v) is 6.18. The van der Waals surface area contributed by atoms with E-state index in [4.69, 9.17) is 4.74 Å². The van der Waals surface area contributed by atoms with E-state index in [0.29, 0.717) is 18.5 Å². The van der Waals surface area contributed by atoms with Crippen molar-refractivity contribution in [2.75, 3.05) is 32.1 Å². The quantitative estimate of drug-likeness (QED) is 0.664. The van der Waals surface area contributed by atoms with Crippen LogP contribution in [0.5, 0.6) is 0 Å². The molecule has 1 fully saturated rings. The van der Waals surface area contributed by atoms with Gasteiger partial charge in [0.2, 0.25) is 16.0 Å². The highest BCUT2D eigenvalue weighted by Crippen LogP contribution is 2.28. The van der Waals surface area contributed by atoms with Crippen molar-refractivity contribution in [2.24, 2.45) is 5.92 Å². The zero-order valence-electron chi connectivity index (χ0n) is 10.8. The van der Waals surface area contributed by atoms with Crippen LogP contribution in [0.15, 0.2) is 17.3 Å². The van der Waals surface area contributed by atoms with E-state index in [1.54, 1.807) is 7.05 Å². The first-order valence-electron chi connectivity index (χ1n) is 6.19. The average Bonchev–Trinajstić information content (AvgIpc) is 3.22. The Kier molecular flexibility index (Phi) is 4.67. The van der Waals surface area contributed by atoms with Gasteiger partial charge in [0, 0.05) is 20.2 Å². The Morgan fingerprint density at radius 3 is 2.63 bits per heavy atom. The fourth-order valence-corrected chi connectivity index (χ4v) is 2.35. The van der Waals surface area contributed by atoms with Gasteiger partial charge in [-0.15, -0.1) is 0 Å².